The maximum Gasteiger partial charge on any atom is 0.573 e. The average Bonchev–Trinajstić information content (AvgIpc) is 2.65. The highest BCUT2D eigenvalue weighted by Crippen LogP contribution is 2.37. The van der Waals surface area contributed by atoms with E-state index in [0.29, 0.717) is 30.6 Å². The number of alkyl halides is 3. The average molecular weight is 431 g/mol. The molecule has 0 saturated heterocycles. The summed E-state index contributed by atoms with van der Waals surface area (Å²) < 4.78 is 74.3. The van der Waals surface area contributed by atoms with Gasteiger partial charge in [0.05, 0.1) is 7.11 Å². The molecule has 0 heterocycles. The number of ether oxygens (including phenoxy) is 2. The Morgan fingerprint density at radius 3 is 2.62 bits per heavy atom. The lowest BCUT2D eigenvalue weighted by Crippen LogP contribution is -2.43. The van der Waals surface area contributed by atoms with Gasteiger partial charge in [0.1, 0.15) is 22.0 Å². The number of sulfonamides is 1. The monoisotopic (exact) mass is 431 g/mol. The third-order valence-electron chi connectivity index (χ3n) is 4.77. The second kappa shape index (κ2) is 7.85. The van der Waals surface area contributed by atoms with Gasteiger partial charge in [0.2, 0.25) is 10.0 Å². The van der Waals surface area contributed by atoms with Crippen LogP contribution >= 0.6 is 0 Å². The number of methoxy groups -OCH3 is 1. The standard InChI is InChI=1S/C19H20F3NO5S/c1-27-14-8-9-15-13(11-14)5-4-10-18(15,24)12-23-29(25,26)17-7-3-2-6-16(17)28-19(20,21)22/h2-3,6-9,11,23-24H,4-5,10,12H2,1H3. The van der Waals surface area contributed by atoms with Crippen molar-refractivity contribution >= 4 is 10.0 Å². The molecule has 0 radical (unpaired) electrons. The normalized spacial score (nSPS) is 19.5. The number of rotatable bonds is 6. The first kappa shape index (κ1) is 21.4. The lowest BCUT2D eigenvalue weighted by atomic mass is 9.79. The third kappa shape index (κ3) is 4.82. The SMILES string of the molecule is COc1ccc2c(c1)CCCC2(O)CNS(=O)(=O)c1ccccc1OC(F)(F)F. The number of benzene rings is 2. The zero-order valence-corrected chi connectivity index (χ0v) is 16.3. The van der Waals surface area contributed by atoms with Gasteiger partial charge in [-0.3, -0.25) is 0 Å². The number of aryl methyl sites for hydroxylation is 1. The minimum Gasteiger partial charge on any atom is -0.497 e. The fourth-order valence-electron chi connectivity index (χ4n) is 3.42. The molecule has 1 atom stereocenters. The Bertz CT molecular complexity index is 994. The van der Waals surface area contributed by atoms with Crippen LogP contribution < -0.4 is 14.2 Å². The number of halogens is 3. The molecule has 158 valence electrons. The first-order valence-electron chi connectivity index (χ1n) is 8.78. The number of hydrogen-bond donors (Lipinski definition) is 2. The van der Waals surface area contributed by atoms with E-state index in [1.807, 2.05) is 0 Å². The fourth-order valence-corrected chi connectivity index (χ4v) is 4.64. The van der Waals surface area contributed by atoms with Crippen molar-refractivity contribution in [1.29, 1.82) is 0 Å². The Morgan fingerprint density at radius 2 is 1.93 bits per heavy atom. The second-order valence-corrected chi connectivity index (χ2v) is 8.46. The highest BCUT2D eigenvalue weighted by molar-refractivity contribution is 7.89. The molecule has 0 saturated carbocycles. The van der Waals surface area contributed by atoms with Crippen LogP contribution in [0, 0.1) is 0 Å². The highest BCUT2D eigenvalue weighted by Gasteiger charge is 2.37. The summed E-state index contributed by atoms with van der Waals surface area (Å²) in [5.41, 5.74) is -0.0996. The number of fused-ring (bicyclic) bond motifs is 1. The van der Waals surface area contributed by atoms with Crippen molar-refractivity contribution < 1.29 is 36.2 Å². The summed E-state index contributed by atoms with van der Waals surface area (Å²) in [4.78, 5) is -0.660. The van der Waals surface area contributed by atoms with Gasteiger partial charge in [0.15, 0.2) is 0 Å². The molecular weight excluding hydrogens is 411 g/mol. The van der Waals surface area contributed by atoms with E-state index < -0.39 is 39.2 Å². The van der Waals surface area contributed by atoms with E-state index in [4.69, 9.17) is 4.74 Å². The Labute approximate surface area is 166 Å². The zero-order chi connectivity index (χ0) is 21.3. The van der Waals surface area contributed by atoms with Crippen molar-refractivity contribution in [2.24, 2.45) is 0 Å². The Morgan fingerprint density at radius 1 is 1.21 bits per heavy atom. The Kier molecular flexibility index (Phi) is 5.79. The summed E-state index contributed by atoms with van der Waals surface area (Å²) in [7, 11) is -2.86. The van der Waals surface area contributed by atoms with Gasteiger partial charge in [-0.15, -0.1) is 13.2 Å². The molecule has 0 aliphatic heterocycles. The first-order chi connectivity index (χ1) is 13.5. The molecule has 0 spiro atoms. The molecule has 0 aromatic heterocycles. The predicted molar refractivity (Wildman–Crippen MR) is 98.1 cm³/mol. The van der Waals surface area contributed by atoms with Gasteiger partial charge >= 0.3 is 6.36 Å². The van der Waals surface area contributed by atoms with E-state index in [0.717, 1.165) is 17.7 Å². The fraction of sp³-hybridized carbons (Fsp3) is 0.368. The Balaban J connectivity index is 1.85. The van der Waals surface area contributed by atoms with Crippen molar-refractivity contribution in [3.05, 3.63) is 53.6 Å². The van der Waals surface area contributed by atoms with E-state index in [9.17, 15) is 26.7 Å². The molecule has 29 heavy (non-hydrogen) atoms. The van der Waals surface area contributed by atoms with Crippen LogP contribution in [0.5, 0.6) is 11.5 Å². The van der Waals surface area contributed by atoms with Crippen LogP contribution in [0.25, 0.3) is 0 Å². The molecule has 2 N–H and O–H groups in total. The lowest BCUT2D eigenvalue weighted by Gasteiger charge is -2.34. The van der Waals surface area contributed by atoms with Crippen LogP contribution in [-0.2, 0) is 22.0 Å². The van der Waals surface area contributed by atoms with Gasteiger partial charge in [-0.05, 0) is 54.7 Å². The molecule has 2 aromatic rings. The minimum absolute atomic E-state index is 0.301. The molecule has 3 rings (SSSR count). The van der Waals surface area contributed by atoms with Crippen LogP contribution in [0.4, 0.5) is 13.2 Å². The maximum atomic E-state index is 12.6. The van der Waals surface area contributed by atoms with Gasteiger partial charge in [-0.25, -0.2) is 13.1 Å². The first-order valence-corrected chi connectivity index (χ1v) is 10.3. The zero-order valence-electron chi connectivity index (χ0n) is 15.5. The lowest BCUT2D eigenvalue weighted by molar-refractivity contribution is -0.275. The molecule has 2 aromatic carbocycles. The summed E-state index contributed by atoms with van der Waals surface area (Å²) in [5.74, 6) is -0.222. The van der Waals surface area contributed by atoms with Crippen LogP contribution in [-0.4, -0.2) is 33.5 Å². The van der Waals surface area contributed by atoms with Crippen molar-refractivity contribution in [3.8, 4) is 11.5 Å². The van der Waals surface area contributed by atoms with E-state index in [-0.39, 0.29) is 0 Å². The van der Waals surface area contributed by atoms with E-state index >= 15 is 0 Å². The minimum atomic E-state index is -5.04. The van der Waals surface area contributed by atoms with Gasteiger partial charge in [-0.1, -0.05) is 18.2 Å². The molecule has 0 amide bonds. The number of aliphatic hydroxyl groups is 1. The van der Waals surface area contributed by atoms with E-state index in [2.05, 4.69) is 9.46 Å². The maximum absolute atomic E-state index is 12.6. The van der Waals surface area contributed by atoms with E-state index in [1.54, 1.807) is 18.2 Å². The second-order valence-electron chi connectivity index (χ2n) is 6.73. The predicted octanol–water partition coefficient (Wildman–Crippen LogP) is 3.10. The summed E-state index contributed by atoms with van der Waals surface area (Å²) >= 11 is 0. The van der Waals surface area contributed by atoms with Gasteiger partial charge < -0.3 is 14.6 Å². The molecule has 1 aliphatic rings. The van der Waals surface area contributed by atoms with Gasteiger partial charge in [-0.2, -0.15) is 0 Å². The largest absolute Gasteiger partial charge is 0.573 e. The molecular formula is C19H20F3NO5S. The van der Waals surface area contributed by atoms with Gasteiger partial charge in [0.25, 0.3) is 0 Å². The summed E-state index contributed by atoms with van der Waals surface area (Å²) in [6.07, 6.45) is -3.42. The topological polar surface area (TPSA) is 84.9 Å². The quantitative estimate of drug-likeness (QED) is 0.734. The smallest absolute Gasteiger partial charge is 0.497 e. The van der Waals surface area contributed by atoms with Crippen LogP contribution in [0.15, 0.2) is 47.4 Å². The van der Waals surface area contributed by atoms with Crippen molar-refractivity contribution in [1.82, 2.24) is 4.72 Å². The molecule has 0 fully saturated rings. The third-order valence-corrected chi connectivity index (χ3v) is 6.21. The van der Waals surface area contributed by atoms with E-state index in [1.165, 1.54) is 19.2 Å². The Hall–Kier alpha value is -2.30. The van der Waals surface area contributed by atoms with Crippen molar-refractivity contribution in [2.75, 3.05) is 13.7 Å². The number of hydrogen-bond acceptors (Lipinski definition) is 5. The van der Waals surface area contributed by atoms with Crippen molar-refractivity contribution in [3.63, 3.8) is 0 Å². The highest BCUT2D eigenvalue weighted by atomic mass is 32.2. The molecule has 10 heteroatoms. The number of nitrogens with one attached hydrogen (secondary N) is 1. The van der Waals surface area contributed by atoms with Crippen LogP contribution in [0.2, 0.25) is 0 Å². The summed E-state index contributed by atoms with van der Waals surface area (Å²) in [6.45, 7) is -0.394. The molecule has 1 aliphatic carbocycles. The molecule has 0 bridgehead atoms. The van der Waals surface area contributed by atoms with Crippen molar-refractivity contribution in [2.45, 2.75) is 36.1 Å². The van der Waals surface area contributed by atoms with Crippen LogP contribution in [0.1, 0.15) is 24.0 Å². The molecule has 1 unspecified atom stereocenters. The number of para-hydroxylation sites is 1. The molecule has 6 nitrogen and oxygen atoms in total. The summed E-state index contributed by atoms with van der Waals surface area (Å²) in [5, 5.41) is 11.1. The summed E-state index contributed by atoms with van der Waals surface area (Å²) in [6, 6.07) is 9.55. The van der Waals surface area contributed by atoms with Gasteiger partial charge in [0, 0.05) is 6.54 Å². The van der Waals surface area contributed by atoms with Crippen LogP contribution in [0.3, 0.4) is 0 Å².